The molecule has 0 saturated carbocycles. The first-order valence-electron chi connectivity index (χ1n) is 10.9. The summed E-state index contributed by atoms with van der Waals surface area (Å²) in [5.74, 6) is -0.836. The largest absolute Gasteiger partial charge is 0.507 e. The third-order valence-corrected chi connectivity index (χ3v) is 6.41. The van der Waals surface area contributed by atoms with Crippen LogP contribution in [-0.2, 0) is 14.3 Å². The number of rotatable bonds is 6. The zero-order chi connectivity index (χ0) is 23.5. The number of morpholine rings is 1. The normalized spacial score (nSPS) is 20.9. The molecule has 1 atom stereocenters. The van der Waals surface area contributed by atoms with Crippen LogP contribution in [0, 0.1) is 6.92 Å². The Balaban J connectivity index is 1.74. The number of likely N-dealkylation sites (tertiary alicyclic amines) is 1. The van der Waals surface area contributed by atoms with Crippen LogP contribution in [0.4, 0.5) is 0 Å². The topological polar surface area (TPSA) is 79.3 Å². The van der Waals surface area contributed by atoms with Crippen LogP contribution in [0.1, 0.15) is 22.7 Å². The second-order valence-corrected chi connectivity index (χ2v) is 8.62. The lowest BCUT2D eigenvalue weighted by Gasteiger charge is -2.31. The summed E-state index contributed by atoms with van der Waals surface area (Å²) < 4.78 is 10.7. The van der Waals surface area contributed by atoms with Gasteiger partial charge in [0.25, 0.3) is 11.7 Å². The van der Waals surface area contributed by atoms with Crippen LogP contribution in [0.25, 0.3) is 5.76 Å². The maximum atomic E-state index is 13.1. The van der Waals surface area contributed by atoms with Gasteiger partial charge in [0, 0.05) is 36.8 Å². The molecule has 2 saturated heterocycles. The lowest BCUT2D eigenvalue weighted by Crippen LogP contribution is -2.42. The van der Waals surface area contributed by atoms with Crippen molar-refractivity contribution in [3.8, 4) is 5.75 Å². The maximum Gasteiger partial charge on any atom is 0.295 e. The number of Topliss-reactive ketones (excluding diaryl/α,β-unsaturated/α-hetero) is 1. The van der Waals surface area contributed by atoms with Crippen LogP contribution >= 0.6 is 11.6 Å². The summed E-state index contributed by atoms with van der Waals surface area (Å²) in [6.07, 6.45) is 0. The van der Waals surface area contributed by atoms with E-state index in [-0.39, 0.29) is 11.3 Å². The number of aryl methyl sites for hydroxylation is 1. The number of aliphatic hydroxyl groups is 1. The summed E-state index contributed by atoms with van der Waals surface area (Å²) in [7, 11) is 1.57. The zero-order valence-electron chi connectivity index (χ0n) is 18.7. The van der Waals surface area contributed by atoms with E-state index >= 15 is 0 Å². The second-order valence-electron chi connectivity index (χ2n) is 8.18. The Kier molecular flexibility index (Phi) is 7.02. The Morgan fingerprint density at radius 3 is 2.45 bits per heavy atom. The van der Waals surface area contributed by atoms with Gasteiger partial charge in [-0.2, -0.15) is 0 Å². The van der Waals surface area contributed by atoms with Crippen molar-refractivity contribution in [3.63, 3.8) is 0 Å². The molecule has 2 fully saturated rings. The van der Waals surface area contributed by atoms with Crippen LogP contribution in [-0.4, -0.2) is 73.1 Å². The highest BCUT2D eigenvalue weighted by atomic mass is 35.5. The highest BCUT2D eigenvalue weighted by molar-refractivity contribution is 6.46. The van der Waals surface area contributed by atoms with Crippen molar-refractivity contribution in [2.24, 2.45) is 0 Å². The lowest BCUT2D eigenvalue weighted by atomic mass is 9.95. The fourth-order valence-corrected chi connectivity index (χ4v) is 4.48. The van der Waals surface area contributed by atoms with Gasteiger partial charge < -0.3 is 19.5 Å². The molecule has 2 aliphatic rings. The number of benzene rings is 2. The van der Waals surface area contributed by atoms with Crippen LogP contribution in [0.3, 0.4) is 0 Å². The van der Waals surface area contributed by atoms with Gasteiger partial charge in [-0.3, -0.25) is 14.5 Å². The van der Waals surface area contributed by atoms with Crippen molar-refractivity contribution in [1.29, 1.82) is 0 Å². The minimum atomic E-state index is -0.703. The van der Waals surface area contributed by atoms with E-state index in [0.29, 0.717) is 48.2 Å². The number of ketones is 1. The zero-order valence-corrected chi connectivity index (χ0v) is 19.5. The number of amides is 1. The molecule has 2 aromatic carbocycles. The molecule has 2 aliphatic heterocycles. The number of carbonyl (C=O) groups is 2. The number of carbonyl (C=O) groups excluding carboxylic acids is 2. The summed E-state index contributed by atoms with van der Waals surface area (Å²) in [5, 5.41) is 11.8. The van der Waals surface area contributed by atoms with Crippen LogP contribution in [0.5, 0.6) is 5.75 Å². The van der Waals surface area contributed by atoms with Gasteiger partial charge >= 0.3 is 0 Å². The molecule has 2 heterocycles. The van der Waals surface area contributed by atoms with Crippen molar-refractivity contribution >= 4 is 29.1 Å². The van der Waals surface area contributed by atoms with Crippen molar-refractivity contribution in [2.45, 2.75) is 13.0 Å². The molecular formula is C25H27ClN2O5. The van der Waals surface area contributed by atoms with Gasteiger partial charge in [-0.15, -0.1) is 0 Å². The van der Waals surface area contributed by atoms with Crippen molar-refractivity contribution < 1.29 is 24.2 Å². The van der Waals surface area contributed by atoms with Gasteiger partial charge in [-0.25, -0.2) is 0 Å². The number of aliphatic hydroxyl groups excluding tert-OH is 1. The number of hydrogen-bond acceptors (Lipinski definition) is 6. The summed E-state index contributed by atoms with van der Waals surface area (Å²) in [5.41, 5.74) is 2.06. The summed E-state index contributed by atoms with van der Waals surface area (Å²) in [6.45, 7) is 5.68. The highest BCUT2D eigenvalue weighted by Crippen LogP contribution is 2.40. The fourth-order valence-electron chi connectivity index (χ4n) is 4.36. The van der Waals surface area contributed by atoms with Crippen LogP contribution in [0.15, 0.2) is 48.0 Å². The summed E-state index contributed by atoms with van der Waals surface area (Å²) in [6, 6.07) is 11.5. The molecule has 0 radical (unpaired) electrons. The molecule has 33 heavy (non-hydrogen) atoms. The van der Waals surface area contributed by atoms with Gasteiger partial charge in [0.15, 0.2) is 0 Å². The molecule has 174 valence electrons. The van der Waals surface area contributed by atoms with Crippen molar-refractivity contribution in [2.75, 3.05) is 46.5 Å². The summed E-state index contributed by atoms with van der Waals surface area (Å²) >= 11 is 6.08. The first-order chi connectivity index (χ1) is 15.9. The minimum Gasteiger partial charge on any atom is -0.507 e. The third kappa shape index (κ3) is 4.76. The van der Waals surface area contributed by atoms with E-state index in [1.54, 1.807) is 54.5 Å². The lowest BCUT2D eigenvalue weighted by molar-refractivity contribution is -0.140. The van der Waals surface area contributed by atoms with E-state index < -0.39 is 17.7 Å². The van der Waals surface area contributed by atoms with Gasteiger partial charge in [-0.1, -0.05) is 23.7 Å². The van der Waals surface area contributed by atoms with Crippen LogP contribution in [0.2, 0.25) is 5.02 Å². The quantitative estimate of drug-likeness (QED) is 0.396. The van der Waals surface area contributed by atoms with Gasteiger partial charge in [-0.05, 0) is 48.4 Å². The molecule has 7 nitrogen and oxygen atoms in total. The Morgan fingerprint density at radius 2 is 1.82 bits per heavy atom. The molecule has 0 spiro atoms. The predicted octanol–water partition coefficient (Wildman–Crippen LogP) is 3.41. The number of halogens is 1. The molecule has 0 aliphatic carbocycles. The molecule has 1 N–H and O–H groups in total. The Hall–Kier alpha value is -2.87. The predicted molar refractivity (Wildman–Crippen MR) is 125 cm³/mol. The number of methoxy groups -OCH3 is 1. The average molecular weight is 471 g/mol. The summed E-state index contributed by atoms with van der Waals surface area (Å²) in [4.78, 5) is 30.0. The molecule has 8 heteroatoms. The molecule has 0 unspecified atom stereocenters. The van der Waals surface area contributed by atoms with E-state index in [0.717, 1.165) is 18.7 Å². The van der Waals surface area contributed by atoms with E-state index in [9.17, 15) is 14.7 Å². The Bertz CT molecular complexity index is 1080. The number of hydrogen-bond donors (Lipinski definition) is 1. The van der Waals surface area contributed by atoms with Gasteiger partial charge in [0.2, 0.25) is 0 Å². The fraction of sp³-hybridized carbons (Fsp3) is 0.360. The van der Waals surface area contributed by atoms with Gasteiger partial charge in [0.05, 0.1) is 31.9 Å². The number of ether oxygens (including phenoxy) is 2. The molecule has 0 aromatic heterocycles. The molecule has 2 aromatic rings. The Labute approximate surface area is 198 Å². The molecular weight excluding hydrogens is 444 g/mol. The maximum absolute atomic E-state index is 13.1. The molecule has 0 bridgehead atoms. The smallest absolute Gasteiger partial charge is 0.295 e. The first-order valence-corrected chi connectivity index (χ1v) is 11.3. The minimum absolute atomic E-state index is 0.0777. The van der Waals surface area contributed by atoms with E-state index in [1.807, 2.05) is 6.92 Å². The van der Waals surface area contributed by atoms with E-state index in [2.05, 4.69) is 4.90 Å². The van der Waals surface area contributed by atoms with Crippen LogP contribution < -0.4 is 4.74 Å². The second kappa shape index (κ2) is 9.95. The molecule has 4 rings (SSSR count). The average Bonchev–Trinajstić information content (AvgIpc) is 3.08. The Morgan fingerprint density at radius 1 is 1.12 bits per heavy atom. The van der Waals surface area contributed by atoms with Crippen molar-refractivity contribution in [3.05, 3.63) is 69.8 Å². The monoisotopic (exact) mass is 470 g/mol. The number of nitrogens with zero attached hydrogens (tertiary/aromatic N) is 2. The highest BCUT2D eigenvalue weighted by Gasteiger charge is 2.46. The standard InChI is InChI=1S/C25H27ClN2O5/c1-16-15-18(5-8-20(16)32-2)23(29)21-22(17-3-6-19(26)7-4-17)28(25(31)24(21)30)10-9-27-11-13-33-14-12-27/h3-8,15,22,29H,9-14H2,1-2H3/b23-21+/t22-/m0/s1. The van der Waals surface area contributed by atoms with Crippen molar-refractivity contribution in [1.82, 2.24) is 9.80 Å². The SMILES string of the molecule is COc1ccc(/C(O)=C2\C(=O)C(=O)N(CCN3CCOCC3)[C@H]2c2ccc(Cl)cc2)cc1C. The molecule has 1 amide bonds. The third-order valence-electron chi connectivity index (χ3n) is 6.15. The van der Waals surface area contributed by atoms with E-state index in [1.165, 1.54) is 0 Å². The van der Waals surface area contributed by atoms with Gasteiger partial charge in [0.1, 0.15) is 11.5 Å². The van der Waals surface area contributed by atoms with E-state index in [4.69, 9.17) is 21.1 Å². The first kappa shape index (κ1) is 23.3.